The molecule has 0 bridgehead atoms. The number of carbonyl (C=O) groups excluding carboxylic acids is 1. The van der Waals surface area contributed by atoms with Crippen LogP contribution in [0.5, 0.6) is 0 Å². The Morgan fingerprint density at radius 3 is 3.05 bits per heavy atom. The zero-order valence-corrected chi connectivity index (χ0v) is 13.3. The highest BCUT2D eigenvalue weighted by molar-refractivity contribution is 7.99. The molecule has 2 aliphatic heterocycles. The second kappa shape index (κ2) is 7.32. The quantitative estimate of drug-likeness (QED) is 0.897. The van der Waals surface area contributed by atoms with Gasteiger partial charge >= 0.3 is 0 Å². The van der Waals surface area contributed by atoms with Crippen LogP contribution in [0.3, 0.4) is 0 Å². The van der Waals surface area contributed by atoms with Crippen molar-refractivity contribution in [1.29, 1.82) is 0 Å². The first-order valence-electron chi connectivity index (χ1n) is 8.07. The number of hydrogen-bond donors (Lipinski definition) is 2. The Morgan fingerprint density at radius 1 is 1.29 bits per heavy atom. The Labute approximate surface area is 131 Å². The van der Waals surface area contributed by atoms with Gasteiger partial charge in [-0.25, -0.2) is 0 Å². The summed E-state index contributed by atoms with van der Waals surface area (Å²) in [5.41, 5.74) is 1.29. The Bertz CT molecular complexity index is 485. The number of fused-ring (bicyclic) bond motifs is 1. The highest BCUT2D eigenvalue weighted by atomic mass is 32.2. The first-order valence-corrected chi connectivity index (χ1v) is 9.06. The van der Waals surface area contributed by atoms with Crippen molar-refractivity contribution in [2.45, 2.75) is 55.5 Å². The van der Waals surface area contributed by atoms with Crippen molar-refractivity contribution in [3.8, 4) is 0 Å². The molecular weight excluding hydrogens is 280 g/mol. The molecule has 2 atom stereocenters. The summed E-state index contributed by atoms with van der Waals surface area (Å²) in [5.74, 6) is 1.29. The number of amides is 1. The summed E-state index contributed by atoms with van der Waals surface area (Å²) < 4.78 is 0. The van der Waals surface area contributed by atoms with Crippen LogP contribution in [-0.2, 0) is 4.79 Å². The van der Waals surface area contributed by atoms with Crippen molar-refractivity contribution >= 4 is 17.7 Å². The molecule has 2 heterocycles. The van der Waals surface area contributed by atoms with Gasteiger partial charge < -0.3 is 10.6 Å². The summed E-state index contributed by atoms with van der Waals surface area (Å²) in [7, 11) is 0. The molecule has 2 unspecified atom stereocenters. The van der Waals surface area contributed by atoms with E-state index in [0.717, 1.165) is 25.1 Å². The molecule has 0 saturated carbocycles. The molecule has 2 aliphatic rings. The molecule has 1 aromatic carbocycles. The van der Waals surface area contributed by atoms with Gasteiger partial charge in [0.25, 0.3) is 0 Å². The van der Waals surface area contributed by atoms with Crippen molar-refractivity contribution in [1.82, 2.24) is 10.6 Å². The highest BCUT2D eigenvalue weighted by Gasteiger charge is 2.22. The molecule has 1 fully saturated rings. The molecule has 21 heavy (non-hydrogen) atoms. The summed E-state index contributed by atoms with van der Waals surface area (Å²) in [6.07, 6.45) is 6.44. The van der Waals surface area contributed by atoms with Crippen LogP contribution in [-0.4, -0.2) is 24.2 Å². The van der Waals surface area contributed by atoms with Gasteiger partial charge in [0.15, 0.2) is 0 Å². The molecular formula is C17H24N2OS. The molecule has 0 radical (unpaired) electrons. The van der Waals surface area contributed by atoms with Gasteiger partial charge in [0.05, 0.1) is 6.04 Å². The van der Waals surface area contributed by atoms with E-state index >= 15 is 0 Å². The van der Waals surface area contributed by atoms with Crippen LogP contribution < -0.4 is 10.6 Å². The van der Waals surface area contributed by atoms with Crippen molar-refractivity contribution in [2.24, 2.45) is 0 Å². The molecule has 1 aromatic rings. The highest BCUT2D eigenvalue weighted by Crippen LogP contribution is 2.35. The molecule has 0 aliphatic carbocycles. The van der Waals surface area contributed by atoms with E-state index in [-0.39, 0.29) is 11.9 Å². The fourth-order valence-corrected chi connectivity index (χ4v) is 4.36. The van der Waals surface area contributed by atoms with E-state index in [4.69, 9.17) is 0 Å². The van der Waals surface area contributed by atoms with Crippen molar-refractivity contribution in [2.75, 3.05) is 12.3 Å². The minimum atomic E-state index is 0.203. The Balaban J connectivity index is 1.51. The third-order valence-corrected chi connectivity index (χ3v) is 5.55. The zero-order valence-electron chi connectivity index (χ0n) is 12.4. The predicted octanol–water partition coefficient (Wildman–Crippen LogP) is 3.26. The molecule has 3 nitrogen and oxygen atoms in total. The summed E-state index contributed by atoms with van der Waals surface area (Å²) in [4.78, 5) is 13.5. The van der Waals surface area contributed by atoms with Crippen LogP contribution in [0.15, 0.2) is 29.2 Å². The second-order valence-electron chi connectivity index (χ2n) is 5.98. The van der Waals surface area contributed by atoms with Crippen molar-refractivity contribution < 1.29 is 4.79 Å². The van der Waals surface area contributed by atoms with Gasteiger partial charge in [0, 0.05) is 23.1 Å². The maximum absolute atomic E-state index is 12.2. The monoisotopic (exact) mass is 304 g/mol. The van der Waals surface area contributed by atoms with E-state index in [2.05, 4.69) is 34.9 Å². The van der Waals surface area contributed by atoms with Crippen LogP contribution in [0.25, 0.3) is 0 Å². The van der Waals surface area contributed by atoms with Gasteiger partial charge in [0.2, 0.25) is 5.91 Å². The topological polar surface area (TPSA) is 41.1 Å². The number of thioether (sulfide) groups is 1. The lowest BCUT2D eigenvalue weighted by atomic mass is 9.99. The first-order chi connectivity index (χ1) is 10.3. The van der Waals surface area contributed by atoms with Crippen molar-refractivity contribution in [3.63, 3.8) is 0 Å². The van der Waals surface area contributed by atoms with Crippen LogP contribution in [0.2, 0.25) is 0 Å². The Morgan fingerprint density at radius 2 is 2.19 bits per heavy atom. The number of nitrogens with one attached hydrogen (secondary N) is 2. The Hall–Kier alpha value is -1.00. The normalized spacial score (nSPS) is 25.1. The molecule has 1 saturated heterocycles. The SMILES string of the molecule is O=C(CCC1CCCCN1)NC1CCSc2ccccc21. The summed E-state index contributed by atoms with van der Waals surface area (Å²) >= 11 is 1.89. The summed E-state index contributed by atoms with van der Waals surface area (Å²) in [5, 5.41) is 6.74. The van der Waals surface area contributed by atoms with Gasteiger partial charge in [-0.3, -0.25) is 4.79 Å². The first kappa shape index (κ1) is 14.9. The molecule has 4 heteroatoms. The lowest BCUT2D eigenvalue weighted by Crippen LogP contribution is -2.36. The lowest BCUT2D eigenvalue weighted by Gasteiger charge is -2.27. The van der Waals surface area contributed by atoms with Gasteiger partial charge in [-0.05, 0) is 43.9 Å². The molecule has 2 N–H and O–H groups in total. The van der Waals surface area contributed by atoms with E-state index in [1.54, 1.807) is 0 Å². The van der Waals surface area contributed by atoms with E-state index in [0.29, 0.717) is 12.5 Å². The minimum absolute atomic E-state index is 0.203. The largest absolute Gasteiger partial charge is 0.349 e. The van der Waals surface area contributed by atoms with Gasteiger partial charge in [-0.15, -0.1) is 11.8 Å². The molecule has 1 amide bonds. The second-order valence-corrected chi connectivity index (χ2v) is 7.12. The molecule has 114 valence electrons. The molecule has 3 rings (SSSR count). The average Bonchev–Trinajstić information content (AvgIpc) is 2.54. The fourth-order valence-electron chi connectivity index (χ4n) is 3.23. The maximum atomic E-state index is 12.2. The molecule has 0 spiro atoms. The lowest BCUT2D eigenvalue weighted by molar-refractivity contribution is -0.122. The van der Waals surface area contributed by atoms with Crippen LogP contribution in [0, 0.1) is 0 Å². The van der Waals surface area contributed by atoms with Crippen LogP contribution >= 0.6 is 11.8 Å². The van der Waals surface area contributed by atoms with E-state index in [9.17, 15) is 4.79 Å². The number of hydrogen-bond acceptors (Lipinski definition) is 3. The van der Waals surface area contributed by atoms with Gasteiger partial charge in [-0.1, -0.05) is 24.6 Å². The van der Waals surface area contributed by atoms with E-state index < -0.39 is 0 Å². The standard InChI is InChI=1S/C17H24N2OS/c20-17(9-8-13-5-3-4-11-18-13)19-15-10-12-21-16-7-2-1-6-14(15)16/h1-2,6-7,13,15,18H,3-5,8-12H2,(H,19,20). The third-order valence-electron chi connectivity index (χ3n) is 4.43. The van der Waals surface area contributed by atoms with Gasteiger partial charge in [0.1, 0.15) is 0 Å². The fraction of sp³-hybridized carbons (Fsp3) is 0.588. The molecule has 0 aromatic heterocycles. The van der Waals surface area contributed by atoms with E-state index in [1.807, 2.05) is 11.8 Å². The third kappa shape index (κ3) is 4.01. The average molecular weight is 304 g/mol. The van der Waals surface area contributed by atoms with E-state index in [1.165, 1.54) is 29.7 Å². The number of benzene rings is 1. The van der Waals surface area contributed by atoms with Crippen molar-refractivity contribution in [3.05, 3.63) is 29.8 Å². The summed E-state index contributed by atoms with van der Waals surface area (Å²) in [6, 6.07) is 9.19. The number of carbonyl (C=O) groups is 1. The zero-order chi connectivity index (χ0) is 14.5. The minimum Gasteiger partial charge on any atom is -0.349 e. The maximum Gasteiger partial charge on any atom is 0.220 e. The van der Waals surface area contributed by atoms with Gasteiger partial charge in [-0.2, -0.15) is 0 Å². The van der Waals surface area contributed by atoms with Crippen LogP contribution in [0.4, 0.5) is 0 Å². The Kier molecular flexibility index (Phi) is 5.20. The number of rotatable bonds is 4. The predicted molar refractivity (Wildman–Crippen MR) is 87.5 cm³/mol. The summed E-state index contributed by atoms with van der Waals surface area (Å²) in [6.45, 7) is 1.11. The smallest absolute Gasteiger partial charge is 0.220 e. The number of piperidine rings is 1. The van der Waals surface area contributed by atoms with Crippen LogP contribution in [0.1, 0.15) is 50.1 Å².